The first-order valence-electron chi connectivity index (χ1n) is 9.58. The van der Waals surface area contributed by atoms with Gasteiger partial charge < -0.3 is 15.5 Å². The topological polar surface area (TPSA) is 112 Å². The van der Waals surface area contributed by atoms with E-state index in [9.17, 15) is 18.6 Å². The molecule has 0 saturated heterocycles. The lowest BCUT2D eigenvalue weighted by molar-refractivity contribution is 0.0823. The summed E-state index contributed by atoms with van der Waals surface area (Å²) in [5, 5.41) is 24.3. The second-order valence-electron chi connectivity index (χ2n) is 8.03. The van der Waals surface area contributed by atoms with Gasteiger partial charge in [0.25, 0.3) is 10.0 Å². The number of anilines is 1. The highest BCUT2D eigenvalue weighted by atomic mass is 35.5. The number of halogens is 1. The van der Waals surface area contributed by atoms with E-state index < -0.39 is 22.0 Å². The molecule has 2 aliphatic carbocycles. The quantitative estimate of drug-likeness (QED) is 0.496. The molecule has 7 nitrogen and oxygen atoms in total. The third kappa shape index (κ3) is 3.92. The van der Waals surface area contributed by atoms with E-state index in [-0.39, 0.29) is 4.34 Å². The van der Waals surface area contributed by atoms with Gasteiger partial charge in [-0.05, 0) is 74.6 Å². The summed E-state index contributed by atoms with van der Waals surface area (Å²) in [7, 11) is -4.05. The van der Waals surface area contributed by atoms with E-state index >= 15 is 0 Å². The van der Waals surface area contributed by atoms with Crippen LogP contribution < -0.4 is 10.0 Å². The molecule has 0 amide bonds. The van der Waals surface area contributed by atoms with Crippen molar-refractivity contribution in [3.05, 3.63) is 38.4 Å². The number of thiazole rings is 1. The summed E-state index contributed by atoms with van der Waals surface area (Å²) in [6, 6.07) is 0. The van der Waals surface area contributed by atoms with Gasteiger partial charge in [0, 0.05) is 16.9 Å². The Hall–Kier alpha value is -1.23. The minimum atomic E-state index is -4.05. The number of nitrogens with zero attached hydrogens (tertiary/aromatic N) is 1. The van der Waals surface area contributed by atoms with Crippen LogP contribution in [0.1, 0.15) is 53.8 Å². The van der Waals surface area contributed by atoms with Crippen molar-refractivity contribution in [3.8, 4) is 0 Å². The molecule has 4 N–H and O–H groups in total. The third-order valence-electron chi connectivity index (χ3n) is 5.43. The van der Waals surface area contributed by atoms with Gasteiger partial charge in [-0.1, -0.05) is 11.6 Å². The summed E-state index contributed by atoms with van der Waals surface area (Å²) in [5.74, 6) is 0. The molecule has 1 aromatic heterocycles. The van der Waals surface area contributed by atoms with E-state index in [1.807, 2.05) is 0 Å². The number of fused-ring (bicyclic) bond motifs is 2. The summed E-state index contributed by atoms with van der Waals surface area (Å²) in [6.45, 7) is 3.12. The molecule has 29 heavy (non-hydrogen) atoms. The number of aliphatic hydroxyl groups excluding tert-OH is 1. The highest BCUT2D eigenvalue weighted by molar-refractivity contribution is 7.91. The van der Waals surface area contributed by atoms with E-state index in [1.54, 1.807) is 13.8 Å². The van der Waals surface area contributed by atoms with Crippen molar-refractivity contribution in [2.24, 2.45) is 0 Å². The van der Waals surface area contributed by atoms with E-state index in [0.717, 1.165) is 82.8 Å². The Morgan fingerprint density at radius 2 is 1.69 bits per heavy atom. The van der Waals surface area contributed by atoms with Gasteiger partial charge in [-0.2, -0.15) is 4.72 Å². The molecule has 10 heteroatoms. The fourth-order valence-corrected chi connectivity index (χ4v) is 6.65. The standard InChI is InChI=1S/C19H24ClN3O4S2/c1-19(2,25)14-9-21-18(28-14)29(26,27)23-17(24)22-16-12-7-3-5-10(12)15(20)11-6-4-8-13(11)16/h9,17,22-25H,3-8H2,1-2H3. The maximum Gasteiger partial charge on any atom is 0.271 e. The molecule has 0 radical (unpaired) electrons. The Kier molecular flexibility index (Phi) is 5.42. The minimum Gasteiger partial charge on any atom is -0.385 e. The van der Waals surface area contributed by atoms with Gasteiger partial charge in [-0.15, -0.1) is 11.3 Å². The number of aromatic nitrogens is 1. The number of hydrogen-bond donors (Lipinski definition) is 4. The molecule has 1 atom stereocenters. The van der Waals surface area contributed by atoms with Crippen LogP contribution in [0.3, 0.4) is 0 Å². The molecule has 0 aliphatic heterocycles. The van der Waals surface area contributed by atoms with Gasteiger partial charge >= 0.3 is 0 Å². The minimum absolute atomic E-state index is 0.206. The van der Waals surface area contributed by atoms with Crippen LogP contribution in [0.25, 0.3) is 0 Å². The summed E-state index contributed by atoms with van der Waals surface area (Å²) in [5.41, 5.74) is 3.99. The maximum atomic E-state index is 12.6. The van der Waals surface area contributed by atoms with Crippen molar-refractivity contribution < 1.29 is 18.6 Å². The predicted molar refractivity (Wildman–Crippen MR) is 113 cm³/mol. The van der Waals surface area contributed by atoms with Crippen molar-refractivity contribution in [3.63, 3.8) is 0 Å². The van der Waals surface area contributed by atoms with Gasteiger partial charge in [0.1, 0.15) is 0 Å². The molecule has 0 spiro atoms. The molecular formula is C19H24ClN3O4S2. The zero-order valence-corrected chi connectivity index (χ0v) is 18.6. The third-order valence-corrected chi connectivity index (χ3v) is 9.00. The molecule has 2 aliphatic rings. The molecule has 1 unspecified atom stereocenters. The fourth-order valence-electron chi connectivity index (χ4n) is 4.09. The Labute approximate surface area is 179 Å². The average molecular weight is 458 g/mol. The Morgan fingerprint density at radius 3 is 2.21 bits per heavy atom. The van der Waals surface area contributed by atoms with Crippen LogP contribution in [0.15, 0.2) is 10.5 Å². The first-order valence-corrected chi connectivity index (χ1v) is 12.3. The number of benzene rings is 1. The second kappa shape index (κ2) is 7.47. The largest absolute Gasteiger partial charge is 0.385 e. The number of rotatable bonds is 6. The molecule has 0 bridgehead atoms. The molecule has 1 heterocycles. The normalized spacial score (nSPS) is 17.3. The lowest BCUT2D eigenvalue weighted by Crippen LogP contribution is -2.40. The maximum absolute atomic E-state index is 12.6. The molecule has 4 rings (SSSR count). The van der Waals surface area contributed by atoms with Crippen molar-refractivity contribution in [1.82, 2.24) is 9.71 Å². The van der Waals surface area contributed by atoms with Gasteiger partial charge in [0.15, 0.2) is 6.35 Å². The van der Waals surface area contributed by atoms with Gasteiger partial charge in [-0.3, -0.25) is 0 Å². The lowest BCUT2D eigenvalue weighted by Gasteiger charge is -2.22. The number of nitrogens with one attached hydrogen (secondary N) is 2. The summed E-state index contributed by atoms with van der Waals surface area (Å²) >= 11 is 7.47. The molecule has 158 valence electrons. The molecule has 1 aromatic carbocycles. The summed E-state index contributed by atoms with van der Waals surface area (Å²) in [6.07, 6.45) is 5.31. The van der Waals surface area contributed by atoms with Crippen LogP contribution >= 0.6 is 22.9 Å². The smallest absolute Gasteiger partial charge is 0.271 e. The lowest BCUT2D eigenvalue weighted by atomic mass is 9.98. The predicted octanol–water partition coefficient (Wildman–Crippen LogP) is 2.67. The van der Waals surface area contributed by atoms with Crippen LogP contribution in [0.4, 0.5) is 5.69 Å². The fraction of sp³-hybridized carbons (Fsp3) is 0.526. The zero-order valence-electron chi connectivity index (χ0n) is 16.2. The average Bonchev–Trinajstić information content (AvgIpc) is 3.37. The highest BCUT2D eigenvalue weighted by Crippen LogP contribution is 2.44. The molecule has 0 saturated carbocycles. The first kappa shape index (κ1) is 21.0. The Balaban J connectivity index is 1.58. The monoisotopic (exact) mass is 457 g/mol. The molecule has 2 aromatic rings. The van der Waals surface area contributed by atoms with E-state index in [4.69, 9.17) is 11.6 Å². The van der Waals surface area contributed by atoms with Crippen molar-refractivity contribution >= 4 is 38.6 Å². The summed E-state index contributed by atoms with van der Waals surface area (Å²) < 4.78 is 27.3. The van der Waals surface area contributed by atoms with Gasteiger partial charge in [0.05, 0.1) is 10.5 Å². The van der Waals surface area contributed by atoms with Gasteiger partial charge in [-0.25, -0.2) is 13.4 Å². The molecule has 0 fully saturated rings. The highest BCUT2D eigenvalue weighted by Gasteiger charge is 2.30. The van der Waals surface area contributed by atoms with E-state index in [2.05, 4.69) is 15.0 Å². The number of aliphatic hydroxyl groups is 2. The SMILES string of the molecule is CC(C)(O)c1cnc(S(=O)(=O)NC(O)Nc2c3c(c(Cl)c4c2CCC4)CCC3)s1. The Bertz CT molecular complexity index is 1030. The second-order valence-corrected chi connectivity index (χ2v) is 11.3. The van der Waals surface area contributed by atoms with Crippen LogP contribution in [0.2, 0.25) is 5.02 Å². The molecular weight excluding hydrogens is 434 g/mol. The van der Waals surface area contributed by atoms with E-state index in [0.29, 0.717) is 4.88 Å². The van der Waals surface area contributed by atoms with Crippen molar-refractivity contribution in [2.75, 3.05) is 5.32 Å². The number of hydrogen-bond acceptors (Lipinski definition) is 7. The van der Waals surface area contributed by atoms with Crippen LogP contribution in [0.5, 0.6) is 0 Å². The van der Waals surface area contributed by atoms with Crippen LogP contribution in [-0.2, 0) is 41.3 Å². The van der Waals surface area contributed by atoms with Crippen LogP contribution in [0, 0.1) is 0 Å². The van der Waals surface area contributed by atoms with Gasteiger partial charge in [0.2, 0.25) is 4.34 Å². The van der Waals surface area contributed by atoms with Crippen molar-refractivity contribution in [1.29, 1.82) is 0 Å². The number of sulfonamides is 1. The van der Waals surface area contributed by atoms with Crippen LogP contribution in [-0.4, -0.2) is 30.0 Å². The van der Waals surface area contributed by atoms with E-state index in [1.165, 1.54) is 6.20 Å². The Morgan fingerprint density at radius 1 is 1.14 bits per heavy atom. The first-order chi connectivity index (χ1) is 13.6. The zero-order chi connectivity index (χ0) is 21.0. The van der Waals surface area contributed by atoms with Crippen molar-refractivity contribution in [2.45, 2.75) is 68.7 Å². The summed E-state index contributed by atoms with van der Waals surface area (Å²) in [4.78, 5) is 4.32.